The van der Waals surface area contributed by atoms with E-state index in [4.69, 9.17) is 18.9 Å². The molecule has 0 aromatic heterocycles. The third-order valence-corrected chi connectivity index (χ3v) is 14.9. The van der Waals surface area contributed by atoms with Crippen molar-refractivity contribution in [2.45, 2.75) is 346 Å². The van der Waals surface area contributed by atoms with Crippen LogP contribution >= 0.6 is 0 Å². The summed E-state index contributed by atoms with van der Waals surface area (Å²) in [5.74, 6) is -0.308. The van der Waals surface area contributed by atoms with Gasteiger partial charge >= 0.3 is 5.97 Å². The first-order chi connectivity index (χ1) is 35.4. The molecular formula is C63H120O9. The lowest BCUT2D eigenvalue weighted by atomic mass is 9.99. The third kappa shape index (κ3) is 43.9. The summed E-state index contributed by atoms with van der Waals surface area (Å²) in [6, 6.07) is 0. The first-order valence-corrected chi connectivity index (χ1v) is 31.4. The number of carbonyl (C=O) groups excluding carboxylic acids is 1. The molecule has 1 rings (SSSR count). The number of aliphatic hydroxyl groups is 4. The quantitative estimate of drug-likeness (QED) is 0.0267. The molecule has 0 spiro atoms. The van der Waals surface area contributed by atoms with Crippen molar-refractivity contribution in [1.82, 2.24) is 0 Å². The van der Waals surface area contributed by atoms with Gasteiger partial charge in [0.25, 0.3) is 0 Å². The van der Waals surface area contributed by atoms with Gasteiger partial charge in [0.1, 0.15) is 30.5 Å². The van der Waals surface area contributed by atoms with Gasteiger partial charge in [-0.2, -0.15) is 0 Å². The molecule has 1 saturated heterocycles. The van der Waals surface area contributed by atoms with E-state index in [2.05, 4.69) is 38.2 Å². The highest BCUT2D eigenvalue weighted by Gasteiger charge is 2.44. The maximum Gasteiger partial charge on any atom is 0.306 e. The van der Waals surface area contributed by atoms with E-state index in [1.807, 2.05) is 0 Å². The first-order valence-electron chi connectivity index (χ1n) is 31.4. The summed E-state index contributed by atoms with van der Waals surface area (Å²) < 4.78 is 23.0. The second-order valence-corrected chi connectivity index (χ2v) is 21.9. The SMILES string of the molecule is CCCCCCC/C=C\C/C=C\CCCCCCCCCCCCCC(=O)OC(COCCCCCCCCCCCCCCCCCCCCCCCCCCCC)COC1OC(CO)C(O)C(O)C1O. The van der Waals surface area contributed by atoms with Crippen LogP contribution < -0.4 is 0 Å². The summed E-state index contributed by atoms with van der Waals surface area (Å²) in [6.45, 7) is 4.62. The fourth-order valence-corrected chi connectivity index (χ4v) is 10.00. The molecule has 4 N–H and O–H groups in total. The largest absolute Gasteiger partial charge is 0.457 e. The summed E-state index contributed by atoms with van der Waals surface area (Å²) in [5, 5.41) is 40.4. The predicted molar refractivity (Wildman–Crippen MR) is 302 cm³/mol. The van der Waals surface area contributed by atoms with Gasteiger partial charge in [-0.3, -0.25) is 4.79 Å². The molecular weight excluding hydrogens is 901 g/mol. The predicted octanol–water partition coefficient (Wildman–Crippen LogP) is 16.8. The van der Waals surface area contributed by atoms with Crippen LogP contribution in [0.2, 0.25) is 0 Å². The number of carbonyl (C=O) groups is 1. The van der Waals surface area contributed by atoms with E-state index in [1.165, 1.54) is 250 Å². The Balaban J connectivity index is 2.10. The zero-order valence-corrected chi connectivity index (χ0v) is 47.5. The van der Waals surface area contributed by atoms with E-state index in [0.29, 0.717) is 13.0 Å². The standard InChI is InChI=1S/C63H120O9/c1-3-5-7-9-11-13-15-17-19-21-23-25-27-28-29-31-33-35-37-39-41-43-45-47-49-51-53-69-55-57(56-70-63-62(68)61(67)60(66)58(54-64)72-63)71-59(65)52-50-48-46-44-42-40-38-36-34-32-30-26-24-22-20-18-16-14-12-10-8-6-4-2/h16,18,22,24,57-58,60-64,66-68H,3-15,17,19-21,23,25-56H2,1-2H3/b18-16-,24-22-. The second-order valence-electron chi connectivity index (χ2n) is 21.9. The minimum absolute atomic E-state index is 0.109. The minimum Gasteiger partial charge on any atom is -0.457 e. The molecule has 0 aromatic carbocycles. The number of hydrogen-bond donors (Lipinski definition) is 4. The molecule has 9 heteroatoms. The van der Waals surface area contributed by atoms with E-state index in [-0.39, 0.29) is 19.2 Å². The Bertz CT molecular complexity index is 1160. The summed E-state index contributed by atoms with van der Waals surface area (Å²) in [7, 11) is 0. The maximum atomic E-state index is 12.9. The Hall–Kier alpha value is -1.33. The van der Waals surface area contributed by atoms with Gasteiger partial charge in [0.2, 0.25) is 0 Å². The highest BCUT2D eigenvalue weighted by atomic mass is 16.7. The van der Waals surface area contributed by atoms with Crippen molar-refractivity contribution in [3.8, 4) is 0 Å². The second kappa shape index (κ2) is 54.5. The lowest BCUT2D eigenvalue weighted by Crippen LogP contribution is -2.59. The van der Waals surface area contributed by atoms with Crippen LogP contribution in [0.1, 0.15) is 309 Å². The van der Waals surface area contributed by atoms with Crippen LogP contribution in [0, 0.1) is 0 Å². The molecule has 72 heavy (non-hydrogen) atoms. The number of unbranched alkanes of at least 4 members (excludes halogenated alkanes) is 41. The lowest BCUT2D eigenvalue weighted by Gasteiger charge is -2.39. The number of ether oxygens (including phenoxy) is 4. The molecule has 0 saturated carbocycles. The number of hydrogen-bond acceptors (Lipinski definition) is 9. The van der Waals surface area contributed by atoms with Crippen molar-refractivity contribution in [3.63, 3.8) is 0 Å². The molecule has 6 atom stereocenters. The van der Waals surface area contributed by atoms with Gasteiger partial charge in [0.05, 0.1) is 19.8 Å². The average Bonchev–Trinajstić information content (AvgIpc) is 3.38. The number of esters is 1. The van der Waals surface area contributed by atoms with Crippen molar-refractivity contribution in [3.05, 3.63) is 24.3 Å². The van der Waals surface area contributed by atoms with Crippen molar-refractivity contribution in [2.24, 2.45) is 0 Å². The fraction of sp³-hybridized carbons (Fsp3) is 0.921. The van der Waals surface area contributed by atoms with E-state index in [1.54, 1.807) is 0 Å². The van der Waals surface area contributed by atoms with E-state index in [0.717, 1.165) is 38.5 Å². The molecule has 0 amide bonds. The Labute approximate surface area is 445 Å². The Morgan fingerprint density at radius 1 is 0.444 bits per heavy atom. The van der Waals surface area contributed by atoms with Gasteiger partial charge in [-0.05, 0) is 44.9 Å². The van der Waals surface area contributed by atoms with Crippen molar-refractivity contribution < 1.29 is 44.2 Å². The zero-order valence-electron chi connectivity index (χ0n) is 47.5. The summed E-state index contributed by atoms with van der Waals surface area (Å²) >= 11 is 0. The molecule has 1 aliphatic rings. The van der Waals surface area contributed by atoms with Crippen LogP contribution in [-0.2, 0) is 23.7 Å². The number of aliphatic hydroxyl groups excluding tert-OH is 4. The smallest absolute Gasteiger partial charge is 0.306 e. The van der Waals surface area contributed by atoms with Crippen molar-refractivity contribution in [1.29, 1.82) is 0 Å². The highest BCUT2D eigenvalue weighted by molar-refractivity contribution is 5.69. The summed E-state index contributed by atoms with van der Waals surface area (Å²) in [4.78, 5) is 12.9. The molecule has 0 aliphatic carbocycles. The van der Waals surface area contributed by atoms with Gasteiger partial charge in [-0.25, -0.2) is 0 Å². The van der Waals surface area contributed by atoms with E-state index >= 15 is 0 Å². The van der Waals surface area contributed by atoms with Crippen molar-refractivity contribution in [2.75, 3.05) is 26.4 Å². The van der Waals surface area contributed by atoms with Gasteiger partial charge in [0.15, 0.2) is 6.29 Å². The van der Waals surface area contributed by atoms with Crippen LogP contribution in [0.5, 0.6) is 0 Å². The normalized spacial score (nSPS) is 18.8. The van der Waals surface area contributed by atoms with Crippen LogP contribution in [0.4, 0.5) is 0 Å². The maximum absolute atomic E-state index is 12.9. The monoisotopic (exact) mass is 1020 g/mol. The molecule has 0 radical (unpaired) electrons. The van der Waals surface area contributed by atoms with Crippen LogP contribution in [0.3, 0.4) is 0 Å². The molecule has 6 unspecified atom stereocenters. The number of allylic oxidation sites excluding steroid dienone is 4. The summed E-state index contributed by atoms with van der Waals surface area (Å²) in [5.41, 5.74) is 0. The van der Waals surface area contributed by atoms with E-state index in [9.17, 15) is 25.2 Å². The first kappa shape index (κ1) is 68.7. The molecule has 1 fully saturated rings. The van der Waals surface area contributed by atoms with Crippen LogP contribution in [-0.4, -0.2) is 89.6 Å². The lowest BCUT2D eigenvalue weighted by molar-refractivity contribution is -0.305. The zero-order chi connectivity index (χ0) is 52.1. The average molecular weight is 1020 g/mol. The number of rotatable bonds is 56. The minimum atomic E-state index is -1.54. The van der Waals surface area contributed by atoms with Gasteiger partial charge in [0, 0.05) is 13.0 Å². The highest BCUT2D eigenvalue weighted by Crippen LogP contribution is 2.23. The van der Waals surface area contributed by atoms with Gasteiger partial charge in [-0.1, -0.05) is 282 Å². The Kier molecular flexibility index (Phi) is 52.0. The molecule has 9 nitrogen and oxygen atoms in total. The molecule has 1 aliphatic heterocycles. The third-order valence-electron chi connectivity index (χ3n) is 14.9. The summed E-state index contributed by atoms with van der Waals surface area (Å²) in [6.07, 6.45) is 61.0. The van der Waals surface area contributed by atoms with Gasteiger partial charge < -0.3 is 39.4 Å². The molecule has 1 heterocycles. The van der Waals surface area contributed by atoms with E-state index < -0.39 is 43.4 Å². The molecule has 426 valence electrons. The molecule has 0 bridgehead atoms. The van der Waals surface area contributed by atoms with Crippen LogP contribution in [0.15, 0.2) is 24.3 Å². The fourth-order valence-electron chi connectivity index (χ4n) is 10.00. The van der Waals surface area contributed by atoms with Gasteiger partial charge in [-0.15, -0.1) is 0 Å². The Morgan fingerprint density at radius 2 is 0.806 bits per heavy atom. The van der Waals surface area contributed by atoms with Crippen molar-refractivity contribution >= 4 is 5.97 Å². The topological polar surface area (TPSA) is 135 Å². The van der Waals surface area contributed by atoms with Crippen LogP contribution in [0.25, 0.3) is 0 Å². The molecule has 0 aromatic rings. The Morgan fingerprint density at radius 3 is 1.19 bits per heavy atom.